The monoisotopic (exact) mass is 560 g/mol. The van der Waals surface area contributed by atoms with Crippen LogP contribution < -0.4 is 0 Å². The third-order valence-corrected chi connectivity index (χ3v) is 7.76. The molecule has 0 atom stereocenters. The fourth-order valence-electron chi connectivity index (χ4n) is 3.95. The third kappa shape index (κ3) is 4.97. The zero-order valence-corrected chi connectivity index (χ0v) is 21.8. The second kappa shape index (κ2) is 9.92. The highest BCUT2D eigenvalue weighted by molar-refractivity contribution is 8.18. The fraction of sp³-hybridized carbons (Fsp3) is 0.0769. The predicted octanol–water partition coefficient (Wildman–Crippen LogP) is 8.54. The van der Waals surface area contributed by atoms with E-state index in [0.29, 0.717) is 37.1 Å². The maximum absolute atomic E-state index is 13.1. The molecule has 0 bridgehead atoms. The molecule has 2 heterocycles. The minimum atomic E-state index is -0.358. The lowest BCUT2D eigenvalue weighted by Gasteiger charge is -2.13. The molecule has 5 rings (SSSR count). The van der Waals surface area contributed by atoms with Crippen LogP contribution in [0.2, 0.25) is 20.1 Å². The Bertz CT molecular complexity index is 1530. The van der Waals surface area contributed by atoms with Gasteiger partial charge >= 0.3 is 0 Å². The molecule has 1 aliphatic heterocycles. The molecule has 1 saturated heterocycles. The second-order valence-corrected chi connectivity index (χ2v) is 10.6. The molecule has 1 fully saturated rings. The van der Waals surface area contributed by atoms with Crippen LogP contribution in [0.1, 0.15) is 16.7 Å². The first kappa shape index (κ1) is 24.3. The number of thioether (sulfide) groups is 1. The van der Waals surface area contributed by atoms with E-state index in [1.54, 1.807) is 36.4 Å². The number of carbonyl (C=O) groups excluding carboxylic acids is 2. The highest BCUT2D eigenvalue weighted by Gasteiger charge is 2.35. The van der Waals surface area contributed by atoms with E-state index in [9.17, 15) is 9.59 Å². The number of amides is 2. The number of benzene rings is 3. The van der Waals surface area contributed by atoms with E-state index < -0.39 is 0 Å². The van der Waals surface area contributed by atoms with Gasteiger partial charge in [0.2, 0.25) is 0 Å². The largest absolute Gasteiger partial charge is 0.342 e. The van der Waals surface area contributed by atoms with Crippen LogP contribution in [0.25, 0.3) is 17.0 Å². The lowest BCUT2D eigenvalue weighted by Crippen LogP contribution is -2.27. The van der Waals surface area contributed by atoms with Crippen molar-refractivity contribution in [2.45, 2.75) is 13.1 Å². The third-order valence-electron chi connectivity index (χ3n) is 5.68. The molecule has 9 heteroatoms. The van der Waals surface area contributed by atoms with Crippen LogP contribution in [0.15, 0.2) is 71.8 Å². The first-order valence-corrected chi connectivity index (χ1v) is 12.8. The van der Waals surface area contributed by atoms with E-state index in [-0.39, 0.29) is 17.7 Å². The molecule has 4 aromatic rings. The van der Waals surface area contributed by atoms with Gasteiger partial charge in [0, 0.05) is 49.3 Å². The molecule has 2 amide bonds. The van der Waals surface area contributed by atoms with Crippen LogP contribution in [-0.2, 0) is 17.9 Å². The van der Waals surface area contributed by atoms with Gasteiger partial charge in [-0.3, -0.25) is 14.5 Å². The number of carbonyl (C=O) groups is 2. The Balaban J connectivity index is 1.47. The minimum absolute atomic E-state index is 0.0782. The molecule has 0 unspecified atom stereocenters. The molecule has 0 radical (unpaired) electrons. The number of nitrogens with zero attached hydrogens (tertiary/aromatic N) is 2. The van der Waals surface area contributed by atoms with Crippen molar-refractivity contribution in [2.75, 3.05) is 0 Å². The van der Waals surface area contributed by atoms with Crippen molar-refractivity contribution < 1.29 is 9.59 Å². The van der Waals surface area contributed by atoms with Crippen molar-refractivity contribution in [1.82, 2.24) is 9.47 Å². The van der Waals surface area contributed by atoms with Crippen LogP contribution >= 0.6 is 58.2 Å². The zero-order chi connectivity index (χ0) is 24.7. The predicted molar refractivity (Wildman–Crippen MR) is 145 cm³/mol. The average molecular weight is 562 g/mol. The van der Waals surface area contributed by atoms with Gasteiger partial charge in [-0.15, -0.1) is 0 Å². The number of rotatable bonds is 5. The standard InChI is InChI=1S/C26H16Cl4N2O2S/c27-18-7-5-15(21(29)10-18)12-31-13-17(20-3-1-2-4-23(20)31)9-24-25(33)32(26(34)35-24)14-16-6-8-19(28)11-22(16)30/h1-11,13H,12,14H2/b24-9-. The van der Waals surface area contributed by atoms with Crippen molar-refractivity contribution in [2.24, 2.45) is 0 Å². The van der Waals surface area contributed by atoms with E-state index >= 15 is 0 Å². The Labute approximate surface area is 226 Å². The van der Waals surface area contributed by atoms with Gasteiger partial charge in [0.05, 0.1) is 11.4 Å². The fourth-order valence-corrected chi connectivity index (χ4v) is 5.72. The topological polar surface area (TPSA) is 42.3 Å². The zero-order valence-electron chi connectivity index (χ0n) is 18.0. The van der Waals surface area contributed by atoms with Crippen molar-refractivity contribution in [1.29, 1.82) is 0 Å². The number of imide groups is 1. The molecule has 1 aromatic heterocycles. The number of aromatic nitrogens is 1. The normalized spacial score (nSPS) is 15.1. The van der Waals surface area contributed by atoms with Gasteiger partial charge in [-0.25, -0.2) is 0 Å². The second-order valence-electron chi connectivity index (χ2n) is 7.97. The number of halogens is 4. The van der Waals surface area contributed by atoms with Crippen LogP contribution in [0, 0.1) is 0 Å². The SMILES string of the molecule is O=C1S/C(=C\c2cn(Cc3ccc(Cl)cc3Cl)c3ccccc23)C(=O)N1Cc1ccc(Cl)cc1Cl. The Hall–Kier alpha value is -2.41. The van der Waals surface area contributed by atoms with E-state index in [1.165, 1.54) is 4.90 Å². The summed E-state index contributed by atoms with van der Waals surface area (Å²) in [6, 6.07) is 18.3. The van der Waals surface area contributed by atoms with Gasteiger partial charge in [0.1, 0.15) is 0 Å². The highest BCUT2D eigenvalue weighted by atomic mass is 35.5. The maximum atomic E-state index is 13.1. The Morgan fingerprint density at radius 2 is 1.43 bits per heavy atom. The Morgan fingerprint density at radius 1 is 0.800 bits per heavy atom. The number of para-hydroxylation sites is 1. The van der Waals surface area contributed by atoms with Crippen LogP contribution in [0.5, 0.6) is 0 Å². The summed E-state index contributed by atoms with van der Waals surface area (Å²) in [4.78, 5) is 27.3. The average Bonchev–Trinajstić information content (AvgIpc) is 3.29. The van der Waals surface area contributed by atoms with E-state index in [0.717, 1.165) is 33.8 Å². The molecular weight excluding hydrogens is 546 g/mol. The minimum Gasteiger partial charge on any atom is -0.342 e. The van der Waals surface area contributed by atoms with E-state index in [2.05, 4.69) is 4.57 Å². The first-order chi connectivity index (χ1) is 16.8. The van der Waals surface area contributed by atoms with Gasteiger partial charge < -0.3 is 4.57 Å². The lowest BCUT2D eigenvalue weighted by atomic mass is 10.1. The number of hydrogen-bond donors (Lipinski definition) is 0. The number of hydrogen-bond acceptors (Lipinski definition) is 3. The molecule has 0 spiro atoms. The molecular formula is C26H16Cl4N2O2S. The van der Waals surface area contributed by atoms with Crippen molar-refractivity contribution in [3.63, 3.8) is 0 Å². The summed E-state index contributed by atoms with van der Waals surface area (Å²) in [6.45, 7) is 0.607. The van der Waals surface area contributed by atoms with Gasteiger partial charge in [-0.1, -0.05) is 76.7 Å². The Kier molecular flexibility index (Phi) is 6.88. The van der Waals surface area contributed by atoms with Crippen molar-refractivity contribution in [3.8, 4) is 0 Å². The summed E-state index contributed by atoms with van der Waals surface area (Å²) in [6.07, 6.45) is 3.72. The molecule has 176 valence electrons. The van der Waals surface area contributed by atoms with Gasteiger partial charge in [0.25, 0.3) is 11.1 Å². The summed E-state index contributed by atoms with van der Waals surface area (Å²) in [5.74, 6) is -0.358. The van der Waals surface area contributed by atoms with Crippen molar-refractivity contribution in [3.05, 3.63) is 109 Å². The molecule has 0 saturated carbocycles. The summed E-state index contributed by atoms with van der Waals surface area (Å²) < 4.78 is 2.06. The summed E-state index contributed by atoms with van der Waals surface area (Å²) in [7, 11) is 0. The van der Waals surface area contributed by atoms with Crippen LogP contribution in [-0.4, -0.2) is 20.6 Å². The lowest BCUT2D eigenvalue weighted by molar-refractivity contribution is -0.123. The first-order valence-electron chi connectivity index (χ1n) is 10.5. The van der Waals surface area contributed by atoms with Crippen molar-refractivity contribution >= 4 is 86.3 Å². The van der Waals surface area contributed by atoms with E-state index in [4.69, 9.17) is 46.4 Å². The summed E-state index contributed by atoms with van der Waals surface area (Å²) >= 11 is 25.6. The molecule has 4 nitrogen and oxygen atoms in total. The van der Waals surface area contributed by atoms with Gasteiger partial charge in [-0.05, 0) is 59.3 Å². The van der Waals surface area contributed by atoms with Gasteiger partial charge in [0.15, 0.2) is 0 Å². The molecule has 0 N–H and O–H groups in total. The summed E-state index contributed by atoms with van der Waals surface area (Å²) in [5, 5.41) is 2.67. The highest BCUT2D eigenvalue weighted by Crippen LogP contribution is 2.36. The smallest absolute Gasteiger partial charge is 0.293 e. The Morgan fingerprint density at radius 3 is 2.09 bits per heavy atom. The summed E-state index contributed by atoms with van der Waals surface area (Å²) in [5.41, 5.74) is 3.39. The van der Waals surface area contributed by atoms with Gasteiger partial charge in [-0.2, -0.15) is 0 Å². The molecule has 3 aromatic carbocycles. The molecule has 1 aliphatic rings. The quantitative estimate of drug-likeness (QED) is 0.229. The van der Waals surface area contributed by atoms with Crippen LogP contribution in [0.4, 0.5) is 4.79 Å². The number of fused-ring (bicyclic) bond motifs is 1. The van der Waals surface area contributed by atoms with E-state index in [1.807, 2.05) is 36.5 Å². The molecule has 0 aliphatic carbocycles. The maximum Gasteiger partial charge on any atom is 0.293 e. The van der Waals surface area contributed by atoms with Crippen LogP contribution in [0.3, 0.4) is 0 Å². The molecule has 35 heavy (non-hydrogen) atoms.